The fraction of sp³-hybridized carbons (Fsp3) is 0.468. The number of nitrogens with one attached hydrogen (secondary N) is 5. The van der Waals surface area contributed by atoms with E-state index in [4.69, 9.17) is 19.9 Å². The first-order chi connectivity index (χ1) is 32.6. The van der Waals surface area contributed by atoms with E-state index in [0.29, 0.717) is 23.7 Å². The summed E-state index contributed by atoms with van der Waals surface area (Å²) < 4.78 is 18.1. The number of aromatic nitrogens is 4. The van der Waals surface area contributed by atoms with Gasteiger partial charge in [0.05, 0.1) is 46.1 Å². The standard InChI is InChI=1S/C47H64N10O11/c1-6-7-22-68-46-55-41(48)40-42(56-46)57(47(65)54-40)28-32-10-15-34(16-11-32)43(61)50-21-24-67-26-25-66-23-20-49-36(58)19-17-35(45(63)64)52-44(62)39(30(4)5)53-38(60)27-51-37(59)18-12-31-8-13-33(14-9-31)29(2)3/h8-16,18,29-30,35,39H,6-7,17,19-28H2,1-5H3,(H,49,58)(H,50,61)(H,51,59)(H,52,62)(H,53,60)(H,54,65)(H,63,64)(H2,48,55,56)/b18-12+. The highest BCUT2D eigenvalue weighted by atomic mass is 16.5. The van der Waals surface area contributed by atoms with Gasteiger partial charge in [-0.05, 0) is 59.6 Å². The number of rotatable bonds is 29. The molecule has 9 N–H and O–H groups in total. The number of benzene rings is 2. The van der Waals surface area contributed by atoms with Crippen molar-refractivity contribution in [2.75, 3.05) is 58.4 Å². The number of fused-ring (bicyclic) bond motifs is 1. The summed E-state index contributed by atoms with van der Waals surface area (Å²) in [5.41, 5.74) is 9.80. The van der Waals surface area contributed by atoms with Crippen molar-refractivity contribution in [3.8, 4) is 12.0 Å². The Kier molecular flexibility index (Phi) is 21.6. The lowest BCUT2D eigenvalue weighted by atomic mass is 10.0. The molecule has 0 aliphatic rings. The normalized spacial score (nSPS) is 12.2. The highest BCUT2D eigenvalue weighted by Gasteiger charge is 2.29. The lowest BCUT2D eigenvalue weighted by molar-refractivity contribution is -0.142. The minimum Gasteiger partial charge on any atom is -0.480 e. The summed E-state index contributed by atoms with van der Waals surface area (Å²) in [5, 5.41) is 33.1. The molecule has 4 aromatic rings. The van der Waals surface area contributed by atoms with Crippen LogP contribution in [0.15, 0.2) is 54.6 Å². The molecule has 21 heteroatoms. The summed E-state index contributed by atoms with van der Waals surface area (Å²) in [4.78, 5) is 87.7. The van der Waals surface area contributed by atoms with E-state index in [1.807, 2.05) is 31.2 Å². The van der Waals surface area contributed by atoms with Crippen LogP contribution in [0.3, 0.4) is 0 Å². The summed E-state index contributed by atoms with van der Waals surface area (Å²) in [6.45, 7) is 11.0. The number of unbranched alkanes of at least 4 members (excludes halogenated alkanes) is 1. The topological polar surface area (TPSA) is 300 Å². The summed E-state index contributed by atoms with van der Waals surface area (Å²) in [7, 11) is 0. The number of hydrogen-bond acceptors (Lipinski definition) is 14. The molecule has 2 aromatic heterocycles. The second kappa shape index (κ2) is 27.5. The van der Waals surface area contributed by atoms with Gasteiger partial charge in [0.25, 0.3) is 11.9 Å². The van der Waals surface area contributed by atoms with Gasteiger partial charge >= 0.3 is 12.0 Å². The maximum atomic E-state index is 13.1. The van der Waals surface area contributed by atoms with Gasteiger partial charge in [0.1, 0.15) is 12.1 Å². The van der Waals surface area contributed by atoms with Crippen molar-refractivity contribution in [2.24, 2.45) is 5.92 Å². The van der Waals surface area contributed by atoms with Crippen molar-refractivity contribution in [1.82, 2.24) is 46.1 Å². The molecule has 0 aliphatic carbocycles. The minimum atomic E-state index is -1.40. The van der Waals surface area contributed by atoms with Crippen LogP contribution in [0.4, 0.5) is 5.82 Å². The lowest BCUT2D eigenvalue weighted by Crippen LogP contribution is -2.55. The van der Waals surface area contributed by atoms with Crippen LogP contribution in [0.1, 0.15) is 93.3 Å². The Hall–Kier alpha value is -7.13. The number of carboxylic acid groups (broad SMARTS) is 1. The Balaban J connectivity index is 1.06. The van der Waals surface area contributed by atoms with Crippen molar-refractivity contribution < 1.29 is 53.2 Å². The molecule has 2 atom stereocenters. The van der Waals surface area contributed by atoms with Crippen molar-refractivity contribution in [1.29, 1.82) is 0 Å². The monoisotopic (exact) mass is 944 g/mol. The summed E-state index contributed by atoms with van der Waals surface area (Å²) in [6.07, 6.45) is 4.27. The zero-order valence-electron chi connectivity index (χ0n) is 39.2. The molecule has 4 rings (SSSR count). The van der Waals surface area contributed by atoms with Crippen LogP contribution < -0.4 is 37.1 Å². The number of hydrogen-bond donors (Lipinski definition) is 8. The van der Waals surface area contributed by atoms with E-state index in [-0.39, 0.29) is 88.2 Å². The van der Waals surface area contributed by atoms with Gasteiger partial charge in [-0.2, -0.15) is 15.0 Å². The van der Waals surface area contributed by atoms with Crippen LogP contribution in [0.2, 0.25) is 0 Å². The van der Waals surface area contributed by atoms with E-state index in [1.54, 1.807) is 44.2 Å². The van der Waals surface area contributed by atoms with E-state index in [1.165, 1.54) is 16.2 Å². The number of aliphatic carboxylic acids is 1. The van der Waals surface area contributed by atoms with Gasteiger partial charge in [0, 0.05) is 31.1 Å². The lowest BCUT2D eigenvalue weighted by Gasteiger charge is -2.24. The molecule has 0 fully saturated rings. The number of carboxylic acids is 1. The fourth-order valence-electron chi connectivity index (χ4n) is 6.41. The molecule has 2 heterocycles. The van der Waals surface area contributed by atoms with E-state index in [0.717, 1.165) is 24.0 Å². The predicted molar refractivity (Wildman–Crippen MR) is 252 cm³/mol. The molecular weight excluding hydrogens is 881 g/mol. The van der Waals surface area contributed by atoms with Gasteiger partial charge in [0.15, 0.2) is 17.0 Å². The Morgan fingerprint density at radius 1 is 0.809 bits per heavy atom. The molecule has 368 valence electrons. The molecule has 0 aliphatic heterocycles. The number of carbonyl (C=O) groups is 6. The number of aromatic hydroxyl groups is 1. The number of anilines is 1. The maximum absolute atomic E-state index is 13.1. The average molecular weight is 945 g/mol. The fourth-order valence-corrected chi connectivity index (χ4v) is 6.41. The Labute approximate surface area is 395 Å². The van der Waals surface area contributed by atoms with Gasteiger partial charge < -0.3 is 56.7 Å². The highest BCUT2D eigenvalue weighted by Crippen LogP contribution is 2.26. The average Bonchev–Trinajstić information content (AvgIpc) is 3.62. The third-order valence-corrected chi connectivity index (χ3v) is 10.3. The van der Waals surface area contributed by atoms with Gasteiger partial charge in [-0.3, -0.25) is 28.5 Å². The zero-order valence-corrected chi connectivity index (χ0v) is 39.2. The molecule has 21 nitrogen and oxygen atoms in total. The Bertz CT molecular complexity index is 2330. The summed E-state index contributed by atoms with van der Waals surface area (Å²) in [5.74, 6) is -3.94. The van der Waals surface area contributed by atoms with Gasteiger partial charge in [-0.25, -0.2) is 4.79 Å². The number of nitrogens with zero attached hydrogens (tertiary/aromatic N) is 4. The van der Waals surface area contributed by atoms with Gasteiger partial charge in [-0.15, -0.1) is 0 Å². The van der Waals surface area contributed by atoms with Gasteiger partial charge in [0.2, 0.25) is 23.6 Å². The first kappa shape index (κ1) is 53.5. The molecule has 5 amide bonds. The summed E-state index contributed by atoms with van der Waals surface area (Å²) >= 11 is 0. The maximum Gasteiger partial charge on any atom is 0.326 e. The second-order valence-electron chi connectivity index (χ2n) is 16.4. The van der Waals surface area contributed by atoms with Crippen molar-refractivity contribution >= 4 is 58.6 Å². The number of nitrogen functional groups attached to an aromatic ring is 1. The second-order valence-corrected chi connectivity index (χ2v) is 16.4. The van der Waals surface area contributed by atoms with E-state index in [2.05, 4.69) is 55.4 Å². The molecule has 0 radical (unpaired) electrons. The van der Waals surface area contributed by atoms with Crippen LogP contribution >= 0.6 is 0 Å². The largest absolute Gasteiger partial charge is 0.480 e. The first-order valence-electron chi connectivity index (χ1n) is 22.6. The number of carbonyl (C=O) groups excluding carboxylic acids is 5. The smallest absolute Gasteiger partial charge is 0.326 e. The van der Waals surface area contributed by atoms with Crippen LogP contribution in [0.5, 0.6) is 12.0 Å². The first-order valence-corrected chi connectivity index (χ1v) is 22.6. The molecule has 0 saturated carbocycles. The number of imidazole rings is 1. The molecule has 0 spiro atoms. The molecule has 0 bridgehead atoms. The van der Waals surface area contributed by atoms with E-state index in [9.17, 15) is 39.0 Å². The van der Waals surface area contributed by atoms with Crippen LogP contribution in [-0.4, -0.2) is 130 Å². The molecular formula is C47H64N10O11. The van der Waals surface area contributed by atoms with Crippen LogP contribution in [0.25, 0.3) is 17.2 Å². The Morgan fingerprint density at radius 3 is 2.12 bits per heavy atom. The van der Waals surface area contributed by atoms with Crippen molar-refractivity contribution in [3.05, 3.63) is 76.9 Å². The summed E-state index contributed by atoms with van der Waals surface area (Å²) in [6, 6.07) is 11.9. The molecule has 2 unspecified atom stereocenters. The Morgan fingerprint density at radius 2 is 1.49 bits per heavy atom. The van der Waals surface area contributed by atoms with Crippen LogP contribution in [0, 0.1) is 5.92 Å². The minimum absolute atomic E-state index is 0.0907. The van der Waals surface area contributed by atoms with Crippen molar-refractivity contribution in [3.63, 3.8) is 0 Å². The molecule has 2 aromatic carbocycles. The van der Waals surface area contributed by atoms with E-state index < -0.39 is 54.1 Å². The predicted octanol–water partition coefficient (Wildman–Crippen LogP) is 2.66. The molecule has 0 saturated heterocycles. The van der Waals surface area contributed by atoms with Gasteiger partial charge in [-0.1, -0.05) is 77.4 Å². The third kappa shape index (κ3) is 17.6. The van der Waals surface area contributed by atoms with E-state index >= 15 is 0 Å². The number of nitrogens with two attached hydrogens (primary N) is 1. The zero-order chi connectivity index (χ0) is 49.6. The highest BCUT2D eigenvalue weighted by molar-refractivity contribution is 5.96. The quantitative estimate of drug-likeness (QED) is 0.0287. The number of amides is 5. The van der Waals surface area contributed by atoms with Crippen molar-refractivity contribution in [2.45, 2.75) is 84.8 Å². The SMILES string of the molecule is CCCCOc1nc(N)c2nc(O)n(Cc3ccc(C(=O)NCCOCCOCCNC(=O)CCC(NC(=O)C(NC(=O)CNC(=O)/C=C/c4ccc(C(C)C)cc4)C(C)C)C(=O)O)cc3)c2n1. The third-order valence-electron chi connectivity index (χ3n) is 10.3. The number of ether oxygens (including phenoxy) is 3. The van der Waals surface area contributed by atoms with Crippen LogP contribution in [-0.2, 0) is 40.0 Å². The molecule has 68 heavy (non-hydrogen) atoms.